The number of fused-ring (bicyclic) bond motifs is 4. The number of ketones is 4. The maximum atomic E-state index is 15.5. The second-order valence-corrected chi connectivity index (χ2v) is 30.8. The molecule has 0 aromatic rings. The molecular formula is C78H88CaKNaO30+4. The zero-order chi connectivity index (χ0) is 79.4. The SMILES string of the molecule is CC1=C\C=C\C2(C)C=C(CO[C@H]3O[C@H](CO)[C@H](O)[C@H](O)[C@H]3O)C(C)CC23OC(=O)/C(=C(O)\C=C\C2(C)C=C(C=O)C(C)CC24OC(=O)\C(=C(O)/C(C)=C/C=C/C2(C)C=C(CO[C@H]5O[C@H](CO)[C@H](O)[C@H](O)[C@H]5O)C(C)CC25OC(=O)/C(=C(O)\C=C\C2(C)C=C(C=O)C(C)CC26OC(=O)\C(=C\1O)C6=O)C5=O)C4=O)C3=O.[Ca+2].[K+].[Na+]. The van der Waals surface area contributed by atoms with Gasteiger partial charge in [0.05, 0.1) is 48.1 Å². The van der Waals surface area contributed by atoms with Gasteiger partial charge in [-0.1, -0.05) is 101 Å². The minimum atomic E-state index is -2.33. The monoisotopic (exact) mass is 1610 g/mol. The van der Waals surface area contributed by atoms with Crippen molar-refractivity contribution in [2.45, 2.75) is 179 Å². The number of carbonyl (C=O) groups is 10. The Morgan fingerprint density at radius 1 is 0.441 bits per heavy atom. The van der Waals surface area contributed by atoms with Crippen LogP contribution in [0.15, 0.2) is 164 Å². The van der Waals surface area contributed by atoms with Gasteiger partial charge in [0.1, 0.15) is 107 Å². The van der Waals surface area contributed by atoms with Gasteiger partial charge >= 0.3 is 143 Å². The van der Waals surface area contributed by atoms with E-state index in [2.05, 4.69) is 0 Å². The summed E-state index contributed by atoms with van der Waals surface area (Å²) in [5.74, 6) is -17.0. The summed E-state index contributed by atoms with van der Waals surface area (Å²) < 4.78 is 47.4. The molecule has 0 aromatic heterocycles. The summed E-state index contributed by atoms with van der Waals surface area (Å²) >= 11 is 0. The zero-order valence-electron chi connectivity index (χ0n) is 63.4. The molecule has 580 valence electrons. The van der Waals surface area contributed by atoms with Crippen LogP contribution in [0.4, 0.5) is 0 Å². The molecule has 33 heteroatoms. The maximum Gasteiger partial charge on any atom is 2.00 e. The first kappa shape index (κ1) is 91.4. The van der Waals surface area contributed by atoms with E-state index in [0.29, 0.717) is 23.7 Å². The molecule has 22 atom stereocenters. The second-order valence-electron chi connectivity index (χ2n) is 30.8. The van der Waals surface area contributed by atoms with Gasteiger partial charge in [-0.2, -0.15) is 0 Å². The summed E-state index contributed by atoms with van der Waals surface area (Å²) in [6.07, 6.45) is -0.245. The third-order valence-corrected chi connectivity index (χ3v) is 23.7. The quantitative estimate of drug-likeness (QED) is 0.0251. The third-order valence-electron chi connectivity index (χ3n) is 23.7. The van der Waals surface area contributed by atoms with Crippen molar-refractivity contribution >= 4 is 97.3 Å². The van der Waals surface area contributed by atoms with Crippen LogP contribution in [0.25, 0.3) is 0 Å². The fourth-order valence-corrected chi connectivity index (χ4v) is 16.8. The van der Waals surface area contributed by atoms with Crippen LogP contribution >= 0.6 is 0 Å². The summed E-state index contributed by atoms with van der Waals surface area (Å²) in [7, 11) is 0. The fourth-order valence-electron chi connectivity index (χ4n) is 16.8. The van der Waals surface area contributed by atoms with Crippen molar-refractivity contribution in [3.05, 3.63) is 164 Å². The van der Waals surface area contributed by atoms with Crippen LogP contribution in [-0.2, 0) is 85.8 Å². The van der Waals surface area contributed by atoms with Crippen LogP contribution in [0.1, 0.15) is 94.9 Å². The Kier molecular flexibility index (Phi) is 27.9. The summed E-state index contributed by atoms with van der Waals surface area (Å²) in [6.45, 7) is 12.1. The van der Waals surface area contributed by atoms with E-state index in [0.717, 1.165) is 24.3 Å². The predicted molar refractivity (Wildman–Crippen MR) is 375 cm³/mol. The van der Waals surface area contributed by atoms with Crippen molar-refractivity contribution in [3.8, 4) is 0 Å². The van der Waals surface area contributed by atoms with E-state index in [1.165, 1.54) is 102 Å². The fraction of sp³-hybridized carbons (Fsp3) is 0.513. The van der Waals surface area contributed by atoms with E-state index in [9.17, 15) is 90.0 Å². The van der Waals surface area contributed by atoms with Crippen molar-refractivity contribution in [1.29, 1.82) is 0 Å². The number of hydrogen-bond acceptors (Lipinski definition) is 30. The van der Waals surface area contributed by atoms with E-state index in [1.807, 2.05) is 0 Å². The molecule has 12 N–H and O–H groups in total. The van der Waals surface area contributed by atoms with Crippen LogP contribution in [0.5, 0.6) is 0 Å². The molecule has 5 aliphatic carbocycles. The molecule has 8 bridgehead atoms. The van der Waals surface area contributed by atoms with Crippen molar-refractivity contribution in [2.24, 2.45) is 45.3 Å². The van der Waals surface area contributed by atoms with Crippen molar-refractivity contribution < 1.29 is 228 Å². The van der Waals surface area contributed by atoms with Crippen LogP contribution in [0.2, 0.25) is 0 Å². The minimum Gasteiger partial charge on any atom is -0.507 e. The van der Waals surface area contributed by atoms with Gasteiger partial charge in [0, 0.05) is 25.7 Å². The van der Waals surface area contributed by atoms with Crippen LogP contribution in [0, 0.1) is 45.3 Å². The van der Waals surface area contributed by atoms with E-state index in [4.69, 9.17) is 37.9 Å². The molecule has 11 aliphatic rings. The first-order valence-corrected chi connectivity index (χ1v) is 35.2. The van der Waals surface area contributed by atoms with E-state index < -0.39 is 261 Å². The largest absolute Gasteiger partial charge is 2.00 e. The van der Waals surface area contributed by atoms with Gasteiger partial charge in [0.25, 0.3) is 0 Å². The van der Waals surface area contributed by atoms with Gasteiger partial charge in [-0.25, -0.2) is 19.2 Å². The minimum absolute atomic E-state index is 0. The summed E-state index contributed by atoms with van der Waals surface area (Å²) in [6, 6.07) is 0. The molecule has 11 rings (SSSR count). The average Bonchev–Trinajstić information content (AvgIpc) is 1.60. The zero-order valence-corrected chi connectivity index (χ0v) is 70.7. The molecule has 4 spiro atoms. The molecule has 6 heterocycles. The predicted octanol–water partition coefficient (Wildman–Crippen LogP) is -3.63. The molecule has 6 saturated heterocycles. The Bertz CT molecular complexity index is 4120. The number of Topliss-reactive ketones (excluding diaryl/α,β-unsaturated/α-hetero) is 4. The standard InChI is InChI=1S/C78H88O30.Ca.K.Na/c1-35-13-11-17-71(7)27-43(33-101-69-59(91)57(89)55(87)47(31-81)103-69)39(5)23-75(71)61(93)49(65(97)105-75)46(84)16-20-74(10)26-42(30-80)38(4)22-78(74)64(96)52(68(100)108-78)54(86)36(2)14-12-18-72(8)28-44(34-102-70-60(92)58(90)56(88)48(32-82)104-70)40(6)24-76(72)62(94)50(66(98)106-76)45(83)15-19-73(9)25-41(29-79)37(3)21-77(73)63(95)51(53(35)85)67(99)107-77;;;/h11-20,25-30,37-40,47-48,55-60,69-70,81-92H,21-24,31-34H2,1-10H3;;;/q;+2;2*+1/b17-11+,18-12+,19-15+,20-16+,35-13+,36-14+,49-46+,50-45+,53-51-,54-52+;;;/t37?,38?,39?,40?,47-,48-,55+,56+,57+,58+,59-,60-,69+,70+,71?,72?,73?,74?,75?,76?,77?,78?;;;/m1.../s1. The van der Waals surface area contributed by atoms with Gasteiger partial charge in [-0.15, -0.1) is 0 Å². The van der Waals surface area contributed by atoms with Crippen molar-refractivity contribution in [3.63, 3.8) is 0 Å². The van der Waals surface area contributed by atoms with Crippen LogP contribution < -0.4 is 80.9 Å². The van der Waals surface area contributed by atoms with Gasteiger partial charge < -0.3 is 99.2 Å². The summed E-state index contributed by atoms with van der Waals surface area (Å²) in [5.41, 5.74) is -20.0. The molecule has 12 unspecified atom stereocenters. The van der Waals surface area contributed by atoms with E-state index in [-0.39, 0.29) is 154 Å². The Morgan fingerprint density at radius 2 is 0.730 bits per heavy atom. The first-order chi connectivity index (χ1) is 50.6. The van der Waals surface area contributed by atoms with Crippen LogP contribution in [0.3, 0.4) is 0 Å². The summed E-state index contributed by atoms with van der Waals surface area (Å²) in [4.78, 5) is 145. The van der Waals surface area contributed by atoms with E-state index in [1.54, 1.807) is 27.7 Å². The third kappa shape index (κ3) is 15.1. The van der Waals surface area contributed by atoms with Crippen LogP contribution in [-0.4, -0.2) is 269 Å². The number of hydrogen-bond donors (Lipinski definition) is 12. The molecule has 6 aliphatic heterocycles. The van der Waals surface area contributed by atoms with Gasteiger partial charge in [0.15, 0.2) is 35.0 Å². The number of aliphatic hydroxyl groups is 12. The molecular weight excluding hydrogens is 1520 g/mol. The average molecular weight is 1610 g/mol. The molecule has 0 radical (unpaired) electrons. The molecule has 30 nitrogen and oxygen atoms in total. The molecule has 0 saturated carbocycles. The molecule has 111 heavy (non-hydrogen) atoms. The van der Waals surface area contributed by atoms with Gasteiger partial charge in [-0.05, 0) is 111 Å². The Balaban J connectivity index is 0.00000516. The normalized spacial score (nSPS) is 44.7. The number of ether oxygens (including phenoxy) is 8. The number of aldehydes is 2. The van der Waals surface area contributed by atoms with E-state index >= 15 is 19.2 Å². The topological polar surface area (TPSA) is 487 Å². The second kappa shape index (κ2) is 33.8. The number of carbonyl (C=O) groups excluding carboxylic acids is 10. The summed E-state index contributed by atoms with van der Waals surface area (Å²) in [5, 5.41) is 132. The Hall–Kier alpha value is -5.12. The first-order valence-electron chi connectivity index (χ1n) is 35.2. The number of esters is 4. The van der Waals surface area contributed by atoms with Gasteiger partial charge in [-0.3, -0.25) is 28.8 Å². The van der Waals surface area contributed by atoms with Gasteiger partial charge in [0.2, 0.25) is 23.1 Å². The Morgan fingerprint density at radius 3 is 1.04 bits per heavy atom. The number of aliphatic hydroxyl groups excluding tert-OH is 12. The molecule has 0 aromatic carbocycles. The maximum absolute atomic E-state index is 15.5. The van der Waals surface area contributed by atoms with Crippen molar-refractivity contribution in [1.82, 2.24) is 0 Å². The number of rotatable bonds is 10. The molecule has 6 fully saturated rings. The smallest absolute Gasteiger partial charge is 0.507 e. The molecule has 0 amide bonds. The number of allylic oxidation sites excluding steroid dienone is 10. The Labute approximate surface area is 732 Å². The van der Waals surface area contributed by atoms with Crippen molar-refractivity contribution in [2.75, 3.05) is 26.4 Å².